The number of amides is 2. The lowest BCUT2D eigenvalue weighted by Crippen LogP contribution is -2.54. The van der Waals surface area contributed by atoms with Crippen LogP contribution in [0.5, 0.6) is 0 Å². The van der Waals surface area contributed by atoms with Crippen LogP contribution in [0.25, 0.3) is 0 Å². The lowest BCUT2D eigenvalue weighted by atomic mass is 10.2. The number of sulfonamides is 1. The van der Waals surface area contributed by atoms with Gasteiger partial charge in [0.25, 0.3) is 0 Å². The highest BCUT2D eigenvalue weighted by Gasteiger charge is 2.26. The highest BCUT2D eigenvalue weighted by Crippen LogP contribution is 2.07. The maximum atomic E-state index is 11.9. The van der Waals surface area contributed by atoms with E-state index in [-0.39, 0.29) is 12.1 Å². The van der Waals surface area contributed by atoms with Crippen LogP contribution in [0.15, 0.2) is 0 Å². The Bertz CT molecular complexity index is 371. The molecule has 0 aromatic heterocycles. The summed E-state index contributed by atoms with van der Waals surface area (Å²) in [6.07, 6.45) is 3.02. The SMILES string of the molecule is CCC(CC)NC(=O)N1CCN(S(C)(=O)=O)CC1. The van der Waals surface area contributed by atoms with Gasteiger partial charge in [-0.15, -0.1) is 0 Å². The van der Waals surface area contributed by atoms with E-state index in [4.69, 9.17) is 0 Å². The number of piperazine rings is 1. The van der Waals surface area contributed by atoms with E-state index in [0.717, 1.165) is 12.8 Å². The van der Waals surface area contributed by atoms with E-state index in [1.54, 1.807) is 4.90 Å². The first kappa shape index (κ1) is 15.2. The van der Waals surface area contributed by atoms with Crippen molar-refractivity contribution in [3.63, 3.8) is 0 Å². The van der Waals surface area contributed by atoms with Crippen molar-refractivity contribution in [3.8, 4) is 0 Å². The molecule has 0 aromatic carbocycles. The molecule has 1 rings (SSSR count). The van der Waals surface area contributed by atoms with Gasteiger partial charge in [0.15, 0.2) is 0 Å². The topological polar surface area (TPSA) is 69.7 Å². The summed E-state index contributed by atoms with van der Waals surface area (Å²) in [6.45, 7) is 5.76. The first-order valence-electron chi connectivity index (χ1n) is 6.39. The fourth-order valence-corrected chi connectivity index (χ4v) is 2.81. The molecule has 0 radical (unpaired) electrons. The van der Waals surface area contributed by atoms with Crippen molar-refractivity contribution in [2.75, 3.05) is 32.4 Å². The largest absolute Gasteiger partial charge is 0.335 e. The lowest BCUT2D eigenvalue weighted by molar-refractivity contribution is 0.168. The molecule has 1 heterocycles. The molecular weight excluding hydrogens is 254 g/mol. The molecule has 0 spiro atoms. The Morgan fingerprint density at radius 1 is 1.17 bits per heavy atom. The monoisotopic (exact) mass is 277 g/mol. The van der Waals surface area contributed by atoms with Crippen molar-refractivity contribution in [3.05, 3.63) is 0 Å². The summed E-state index contributed by atoms with van der Waals surface area (Å²) in [5.74, 6) is 0. The van der Waals surface area contributed by atoms with E-state index in [1.165, 1.54) is 10.6 Å². The quantitative estimate of drug-likeness (QED) is 0.811. The van der Waals surface area contributed by atoms with Gasteiger partial charge in [-0.25, -0.2) is 13.2 Å². The van der Waals surface area contributed by atoms with Crippen molar-refractivity contribution >= 4 is 16.1 Å². The Morgan fingerprint density at radius 3 is 2.06 bits per heavy atom. The number of nitrogens with zero attached hydrogens (tertiary/aromatic N) is 2. The van der Waals surface area contributed by atoms with E-state index in [0.29, 0.717) is 26.2 Å². The molecule has 0 atom stereocenters. The van der Waals surface area contributed by atoms with Crippen molar-refractivity contribution in [1.29, 1.82) is 0 Å². The summed E-state index contributed by atoms with van der Waals surface area (Å²) in [5.41, 5.74) is 0. The Hall–Kier alpha value is -0.820. The van der Waals surface area contributed by atoms with Crippen LogP contribution in [0.1, 0.15) is 26.7 Å². The normalized spacial score (nSPS) is 18.1. The van der Waals surface area contributed by atoms with Gasteiger partial charge >= 0.3 is 6.03 Å². The van der Waals surface area contributed by atoms with E-state index in [1.807, 2.05) is 13.8 Å². The molecule has 0 bridgehead atoms. The molecule has 1 fully saturated rings. The zero-order valence-electron chi connectivity index (χ0n) is 11.3. The van der Waals surface area contributed by atoms with Gasteiger partial charge in [0.2, 0.25) is 10.0 Å². The van der Waals surface area contributed by atoms with Crippen molar-refractivity contribution < 1.29 is 13.2 Å². The van der Waals surface area contributed by atoms with Crippen LogP contribution in [-0.2, 0) is 10.0 Å². The number of nitrogens with one attached hydrogen (secondary N) is 1. The summed E-state index contributed by atoms with van der Waals surface area (Å²) in [7, 11) is -3.13. The fourth-order valence-electron chi connectivity index (χ4n) is 1.98. The number of carbonyl (C=O) groups is 1. The average Bonchev–Trinajstić information content (AvgIpc) is 2.34. The molecular formula is C11H23N3O3S. The molecule has 18 heavy (non-hydrogen) atoms. The highest BCUT2D eigenvalue weighted by molar-refractivity contribution is 7.88. The summed E-state index contributed by atoms with van der Waals surface area (Å²) in [6, 6.07) is 0.113. The zero-order valence-corrected chi connectivity index (χ0v) is 12.2. The minimum Gasteiger partial charge on any atom is -0.335 e. The summed E-state index contributed by atoms with van der Waals surface area (Å²) in [5, 5.41) is 2.96. The molecule has 0 unspecified atom stereocenters. The Balaban J connectivity index is 2.45. The number of hydrogen-bond donors (Lipinski definition) is 1. The van der Waals surface area contributed by atoms with Gasteiger partial charge in [-0.1, -0.05) is 13.8 Å². The first-order valence-corrected chi connectivity index (χ1v) is 8.23. The summed E-state index contributed by atoms with van der Waals surface area (Å²) in [4.78, 5) is 13.6. The van der Waals surface area contributed by atoms with Gasteiger partial charge < -0.3 is 10.2 Å². The Morgan fingerprint density at radius 2 is 1.67 bits per heavy atom. The van der Waals surface area contributed by atoms with Gasteiger partial charge in [-0.3, -0.25) is 0 Å². The van der Waals surface area contributed by atoms with Gasteiger partial charge in [0.1, 0.15) is 0 Å². The van der Waals surface area contributed by atoms with E-state index < -0.39 is 10.0 Å². The van der Waals surface area contributed by atoms with Crippen LogP contribution in [-0.4, -0.2) is 62.1 Å². The smallest absolute Gasteiger partial charge is 0.317 e. The maximum absolute atomic E-state index is 11.9. The van der Waals surface area contributed by atoms with Gasteiger partial charge in [-0.2, -0.15) is 4.31 Å². The molecule has 6 nitrogen and oxygen atoms in total. The standard InChI is InChI=1S/C11H23N3O3S/c1-4-10(5-2)12-11(15)13-6-8-14(9-7-13)18(3,16)17/h10H,4-9H2,1-3H3,(H,12,15). The number of urea groups is 1. The van der Waals surface area contributed by atoms with Crippen LogP contribution in [0.2, 0.25) is 0 Å². The maximum Gasteiger partial charge on any atom is 0.317 e. The van der Waals surface area contributed by atoms with Crippen molar-refractivity contribution in [1.82, 2.24) is 14.5 Å². The zero-order chi connectivity index (χ0) is 13.8. The molecule has 0 aromatic rings. The minimum absolute atomic E-state index is 0.0862. The second-order valence-electron chi connectivity index (χ2n) is 4.61. The third-order valence-corrected chi connectivity index (χ3v) is 4.61. The van der Waals surface area contributed by atoms with Crippen LogP contribution >= 0.6 is 0 Å². The van der Waals surface area contributed by atoms with E-state index in [2.05, 4.69) is 5.32 Å². The van der Waals surface area contributed by atoms with Crippen LogP contribution < -0.4 is 5.32 Å². The summed E-state index contributed by atoms with van der Waals surface area (Å²) >= 11 is 0. The number of rotatable bonds is 4. The molecule has 1 aliphatic heterocycles. The van der Waals surface area contributed by atoms with Crippen molar-refractivity contribution in [2.45, 2.75) is 32.7 Å². The van der Waals surface area contributed by atoms with Crippen LogP contribution in [0, 0.1) is 0 Å². The van der Waals surface area contributed by atoms with Gasteiger partial charge in [-0.05, 0) is 12.8 Å². The lowest BCUT2D eigenvalue weighted by Gasteiger charge is -2.34. The molecule has 0 aliphatic carbocycles. The van der Waals surface area contributed by atoms with Gasteiger partial charge in [0.05, 0.1) is 6.26 Å². The predicted octanol–water partition coefficient (Wildman–Crippen LogP) is 0.462. The second kappa shape index (κ2) is 6.38. The molecule has 1 aliphatic rings. The highest BCUT2D eigenvalue weighted by atomic mass is 32.2. The Kier molecular flexibility index (Phi) is 5.40. The predicted molar refractivity (Wildman–Crippen MR) is 70.9 cm³/mol. The Labute approximate surface area is 109 Å². The van der Waals surface area contributed by atoms with Crippen molar-refractivity contribution in [2.24, 2.45) is 0 Å². The fraction of sp³-hybridized carbons (Fsp3) is 0.909. The number of hydrogen-bond acceptors (Lipinski definition) is 3. The first-order chi connectivity index (χ1) is 8.38. The minimum atomic E-state index is -3.13. The van der Waals surface area contributed by atoms with E-state index in [9.17, 15) is 13.2 Å². The molecule has 0 saturated carbocycles. The van der Waals surface area contributed by atoms with Crippen LogP contribution in [0.4, 0.5) is 4.79 Å². The number of carbonyl (C=O) groups excluding carboxylic acids is 1. The van der Waals surface area contributed by atoms with Crippen LogP contribution in [0.3, 0.4) is 0 Å². The third kappa shape index (κ3) is 4.13. The molecule has 7 heteroatoms. The third-order valence-electron chi connectivity index (χ3n) is 3.31. The van der Waals surface area contributed by atoms with Gasteiger partial charge in [0, 0.05) is 32.2 Å². The van der Waals surface area contributed by atoms with E-state index >= 15 is 0 Å². The summed E-state index contributed by atoms with van der Waals surface area (Å²) < 4.78 is 24.1. The average molecular weight is 277 g/mol. The molecule has 1 saturated heterocycles. The molecule has 2 amide bonds. The second-order valence-corrected chi connectivity index (χ2v) is 6.59. The molecule has 1 N–H and O–H groups in total. The molecule has 106 valence electrons.